The van der Waals surface area contributed by atoms with Crippen LogP contribution in [0, 0.1) is 5.92 Å². The van der Waals surface area contributed by atoms with Crippen molar-refractivity contribution in [2.75, 3.05) is 52.5 Å². The van der Waals surface area contributed by atoms with Crippen molar-refractivity contribution in [3.8, 4) is 11.6 Å². The minimum absolute atomic E-state index is 0.0319. The average molecular weight is 634 g/mol. The summed E-state index contributed by atoms with van der Waals surface area (Å²) < 4.78 is 53.2. The minimum Gasteiger partial charge on any atom is -0.475 e. The zero-order valence-electron chi connectivity index (χ0n) is 25.1. The molecule has 0 aliphatic carbocycles. The van der Waals surface area contributed by atoms with Crippen molar-refractivity contribution in [3.63, 3.8) is 0 Å². The van der Waals surface area contributed by atoms with Crippen molar-refractivity contribution in [1.29, 1.82) is 0 Å². The Kier molecular flexibility index (Phi) is 10.4. The van der Waals surface area contributed by atoms with E-state index in [0.717, 1.165) is 12.8 Å². The molecule has 0 unspecified atom stereocenters. The maximum absolute atomic E-state index is 13.9. The Balaban J connectivity index is 1.34. The quantitative estimate of drug-likeness (QED) is 0.514. The minimum atomic E-state index is -4.79. The van der Waals surface area contributed by atoms with Crippen molar-refractivity contribution in [2.24, 2.45) is 5.92 Å². The zero-order chi connectivity index (χ0) is 32.0. The number of ether oxygens (including phenoxy) is 3. The molecular weight excluding hydrogens is 595 g/mol. The van der Waals surface area contributed by atoms with Crippen LogP contribution in [0.1, 0.15) is 42.2 Å². The van der Waals surface area contributed by atoms with Crippen LogP contribution in [0.15, 0.2) is 42.5 Å². The second-order valence-electron chi connectivity index (χ2n) is 11.6. The smallest absolute Gasteiger partial charge is 0.475 e. The number of rotatable bonds is 3. The van der Waals surface area contributed by atoms with Crippen molar-refractivity contribution >= 4 is 17.7 Å². The van der Waals surface area contributed by atoms with E-state index in [0.29, 0.717) is 64.5 Å². The fraction of sp³-hybridized carbons (Fsp3) is 0.548. The molecule has 0 radical (unpaired) electrons. The van der Waals surface area contributed by atoms with Gasteiger partial charge in [0, 0.05) is 58.3 Å². The summed E-state index contributed by atoms with van der Waals surface area (Å²) in [6.45, 7) is 5.20. The third kappa shape index (κ3) is 9.07. The van der Waals surface area contributed by atoms with Crippen molar-refractivity contribution in [3.05, 3.63) is 53.7 Å². The summed E-state index contributed by atoms with van der Waals surface area (Å²) in [6.07, 6.45) is -2.93. The van der Waals surface area contributed by atoms with E-state index in [2.05, 4.69) is 15.0 Å². The van der Waals surface area contributed by atoms with Crippen molar-refractivity contribution in [1.82, 2.24) is 25.0 Å². The van der Waals surface area contributed by atoms with E-state index < -0.39 is 18.3 Å². The van der Waals surface area contributed by atoms with Crippen LogP contribution in [-0.4, -0.2) is 108 Å². The zero-order valence-corrected chi connectivity index (χ0v) is 25.1. The van der Waals surface area contributed by atoms with Gasteiger partial charge in [-0.2, -0.15) is 0 Å². The van der Waals surface area contributed by atoms with Crippen LogP contribution in [0.5, 0.6) is 11.6 Å². The third-order valence-corrected chi connectivity index (χ3v) is 8.36. The molecule has 3 amide bonds. The number of alkyl halides is 3. The molecule has 5 heterocycles. The number of aromatic nitrogens is 1. The summed E-state index contributed by atoms with van der Waals surface area (Å²) in [6, 6.07) is 9.55. The number of benzene rings is 1. The van der Waals surface area contributed by atoms with Gasteiger partial charge in [0.1, 0.15) is 18.1 Å². The van der Waals surface area contributed by atoms with Crippen LogP contribution in [0.3, 0.4) is 0 Å². The topological polar surface area (TPSA) is 114 Å². The van der Waals surface area contributed by atoms with Crippen LogP contribution < -0.4 is 14.8 Å². The van der Waals surface area contributed by atoms with Gasteiger partial charge in [-0.15, -0.1) is 13.2 Å². The maximum atomic E-state index is 13.9. The summed E-state index contributed by atoms with van der Waals surface area (Å²) in [5.41, 5.74) is 0.870. The highest BCUT2D eigenvalue weighted by Crippen LogP contribution is 2.28. The molecule has 45 heavy (non-hydrogen) atoms. The molecule has 4 aliphatic heterocycles. The van der Waals surface area contributed by atoms with E-state index in [9.17, 15) is 27.6 Å². The molecule has 2 fully saturated rings. The predicted octanol–water partition coefficient (Wildman–Crippen LogP) is 2.85. The molecule has 1 aromatic carbocycles. The van der Waals surface area contributed by atoms with Gasteiger partial charge in [-0.25, -0.2) is 4.98 Å². The number of amides is 3. The second kappa shape index (κ2) is 14.5. The largest absolute Gasteiger partial charge is 0.573 e. The van der Waals surface area contributed by atoms with Crippen LogP contribution in [0.2, 0.25) is 0 Å². The van der Waals surface area contributed by atoms with Gasteiger partial charge in [0.05, 0.1) is 19.3 Å². The first-order valence-electron chi connectivity index (χ1n) is 15.2. The molecule has 6 bridgehead atoms. The van der Waals surface area contributed by atoms with E-state index in [1.54, 1.807) is 30.0 Å². The molecular formula is C31H38F3N5O6. The number of fused-ring (bicyclic) bond motifs is 10. The van der Waals surface area contributed by atoms with Gasteiger partial charge in [0.2, 0.25) is 17.7 Å². The van der Waals surface area contributed by atoms with E-state index in [4.69, 9.17) is 9.47 Å². The number of hydrogen-bond donors (Lipinski definition) is 1. The Hall–Kier alpha value is -3.91. The summed E-state index contributed by atoms with van der Waals surface area (Å²) in [4.78, 5) is 49.3. The highest BCUT2D eigenvalue weighted by atomic mass is 19.4. The molecule has 4 aliphatic rings. The normalized spacial score (nSPS) is 24.0. The molecule has 0 spiro atoms. The lowest BCUT2D eigenvalue weighted by molar-refractivity contribution is -0.274. The molecule has 14 heteroatoms. The van der Waals surface area contributed by atoms with Gasteiger partial charge >= 0.3 is 6.36 Å². The molecule has 0 saturated carbocycles. The Labute approximate surface area is 259 Å². The second-order valence-corrected chi connectivity index (χ2v) is 11.6. The average Bonchev–Trinajstić information content (AvgIpc) is 3.39. The number of hydrogen-bond acceptors (Lipinski definition) is 8. The summed E-state index contributed by atoms with van der Waals surface area (Å²) in [5, 5.41) is 3.00. The Bertz CT molecular complexity index is 1340. The Morgan fingerprint density at radius 3 is 2.49 bits per heavy atom. The van der Waals surface area contributed by atoms with Gasteiger partial charge in [0.25, 0.3) is 5.91 Å². The molecule has 2 aromatic rings. The predicted molar refractivity (Wildman–Crippen MR) is 155 cm³/mol. The van der Waals surface area contributed by atoms with E-state index in [1.807, 2.05) is 9.80 Å². The van der Waals surface area contributed by atoms with Crippen LogP contribution in [0.25, 0.3) is 0 Å². The molecule has 2 saturated heterocycles. The number of carbonyl (C=O) groups excluding carboxylic acids is 3. The summed E-state index contributed by atoms with van der Waals surface area (Å²) in [5.74, 6) is -0.301. The number of carbonyl (C=O) groups is 3. The Morgan fingerprint density at radius 2 is 1.78 bits per heavy atom. The molecule has 2 atom stereocenters. The molecule has 11 nitrogen and oxygen atoms in total. The molecule has 1 N–H and O–H groups in total. The third-order valence-electron chi connectivity index (χ3n) is 8.36. The number of pyridine rings is 1. The van der Waals surface area contributed by atoms with Crippen LogP contribution >= 0.6 is 0 Å². The Morgan fingerprint density at radius 1 is 1.02 bits per heavy atom. The first-order valence-corrected chi connectivity index (χ1v) is 15.2. The van der Waals surface area contributed by atoms with Gasteiger partial charge in [-0.1, -0.05) is 18.2 Å². The van der Waals surface area contributed by atoms with Gasteiger partial charge in [-0.3, -0.25) is 19.3 Å². The van der Waals surface area contributed by atoms with E-state index >= 15 is 0 Å². The number of halogens is 3. The van der Waals surface area contributed by atoms with E-state index in [1.165, 1.54) is 24.3 Å². The fourth-order valence-corrected chi connectivity index (χ4v) is 6.07. The number of nitrogens with zero attached hydrogens (tertiary/aromatic N) is 4. The summed E-state index contributed by atoms with van der Waals surface area (Å²) in [7, 11) is 0. The number of nitrogens with one attached hydrogen (secondary N) is 1. The standard InChI is InChI=1S/C31H38F3N5O6/c1-21(40)38-13-14-43-15-16-44-28-4-2-3-26(36-28)29(41)35-24-17-27(30(42)37-11-9-23(18-38)10-12-37)39(20-24)19-22-5-7-25(8-6-22)45-31(32,33)34/h2-8,23-24,27H,9-20H2,1H3,(H,35,41)/t24-,27+/m1/s1. The van der Waals surface area contributed by atoms with Gasteiger partial charge in [-0.05, 0) is 48.9 Å². The molecule has 244 valence electrons. The van der Waals surface area contributed by atoms with Gasteiger partial charge < -0.3 is 29.3 Å². The number of likely N-dealkylation sites (tertiary alicyclic amines) is 1. The van der Waals surface area contributed by atoms with Gasteiger partial charge in [0.15, 0.2) is 0 Å². The fourth-order valence-electron chi connectivity index (χ4n) is 6.07. The lowest BCUT2D eigenvalue weighted by Crippen LogP contribution is -2.49. The monoisotopic (exact) mass is 633 g/mol. The summed E-state index contributed by atoms with van der Waals surface area (Å²) >= 11 is 0. The van der Waals surface area contributed by atoms with E-state index in [-0.39, 0.29) is 47.7 Å². The van der Waals surface area contributed by atoms with Crippen molar-refractivity contribution in [2.45, 2.75) is 51.2 Å². The lowest BCUT2D eigenvalue weighted by atomic mass is 9.95. The first-order chi connectivity index (χ1) is 21.5. The SMILES string of the molecule is CC(=O)N1CCOCCOc2cccc(n2)C(=O)N[C@@H]2C[C@@H](C(=O)N3CCC(CC3)C1)N(Cc1ccc(OC(F)(F)F)cc1)C2. The first kappa shape index (κ1) is 32.5. The molecule has 1 aromatic heterocycles. The van der Waals surface area contributed by atoms with Crippen molar-refractivity contribution < 1.29 is 41.8 Å². The highest BCUT2D eigenvalue weighted by Gasteiger charge is 2.40. The highest BCUT2D eigenvalue weighted by molar-refractivity contribution is 5.92. The van der Waals surface area contributed by atoms with Crippen LogP contribution in [0.4, 0.5) is 13.2 Å². The lowest BCUT2D eigenvalue weighted by Gasteiger charge is -2.37. The molecule has 6 rings (SSSR count). The maximum Gasteiger partial charge on any atom is 0.573 e. The number of piperidine rings is 1. The van der Waals surface area contributed by atoms with Crippen LogP contribution in [-0.2, 0) is 20.9 Å².